The molecule has 25 heavy (non-hydrogen) atoms. The smallest absolute Gasteiger partial charge is 0.261 e. The Morgan fingerprint density at radius 3 is 2.64 bits per heavy atom. The van der Waals surface area contributed by atoms with Crippen LogP contribution in [0.1, 0.15) is 35.9 Å². The molecule has 138 valence electrons. The molecule has 1 fully saturated rings. The highest BCUT2D eigenvalue weighted by molar-refractivity contribution is 7.12. The van der Waals surface area contributed by atoms with Gasteiger partial charge in [0.1, 0.15) is 6.54 Å². The summed E-state index contributed by atoms with van der Waals surface area (Å²) in [5, 5.41) is 11.1. The van der Waals surface area contributed by atoms with E-state index in [9.17, 15) is 9.59 Å². The maximum Gasteiger partial charge on any atom is 0.261 e. The lowest BCUT2D eigenvalue weighted by Gasteiger charge is -2.15. The Labute approximate surface area is 152 Å². The summed E-state index contributed by atoms with van der Waals surface area (Å²) < 4.78 is 0. The second-order valence-corrected chi connectivity index (χ2v) is 6.74. The third-order valence-corrected chi connectivity index (χ3v) is 4.72. The Kier molecular flexibility index (Phi) is 8.24. The van der Waals surface area contributed by atoms with Gasteiger partial charge < -0.3 is 20.9 Å². The van der Waals surface area contributed by atoms with Crippen molar-refractivity contribution in [3.8, 4) is 0 Å². The van der Waals surface area contributed by atoms with Gasteiger partial charge in [0.15, 0.2) is 5.96 Å². The van der Waals surface area contributed by atoms with Crippen molar-refractivity contribution in [2.45, 2.75) is 26.2 Å². The van der Waals surface area contributed by atoms with Gasteiger partial charge in [0.25, 0.3) is 5.91 Å². The minimum Gasteiger partial charge on any atom is -0.357 e. The SMILES string of the molecule is CCNC(=NCC(=O)N1CCCC1)NCCCNC(=O)c1cccs1. The maximum absolute atomic E-state index is 12.0. The molecule has 7 nitrogen and oxygen atoms in total. The molecule has 0 saturated carbocycles. The van der Waals surface area contributed by atoms with Crippen molar-refractivity contribution in [3.05, 3.63) is 22.4 Å². The Bertz CT molecular complexity index is 568. The Balaban J connectivity index is 1.65. The van der Waals surface area contributed by atoms with Crippen LogP contribution in [0.5, 0.6) is 0 Å². The lowest BCUT2D eigenvalue weighted by atomic mass is 10.4. The van der Waals surface area contributed by atoms with Gasteiger partial charge in [-0.25, -0.2) is 4.99 Å². The van der Waals surface area contributed by atoms with Crippen molar-refractivity contribution in [2.75, 3.05) is 39.3 Å². The van der Waals surface area contributed by atoms with Gasteiger partial charge >= 0.3 is 0 Å². The number of hydrogen-bond donors (Lipinski definition) is 3. The van der Waals surface area contributed by atoms with E-state index in [4.69, 9.17) is 0 Å². The van der Waals surface area contributed by atoms with Crippen molar-refractivity contribution in [3.63, 3.8) is 0 Å². The van der Waals surface area contributed by atoms with Crippen LogP contribution in [0.4, 0.5) is 0 Å². The van der Waals surface area contributed by atoms with E-state index in [-0.39, 0.29) is 18.4 Å². The molecule has 1 aliphatic rings. The number of nitrogens with zero attached hydrogens (tertiary/aromatic N) is 2. The number of carbonyl (C=O) groups is 2. The van der Waals surface area contributed by atoms with E-state index in [1.54, 1.807) is 0 Å². The third kappa shape index (κ3) is 6.74. The topological polar surface area (TPSA) is 85.8 Å². The summed E-state index contributed by atoms with van der Waals surface area (Å²) in [6.45, 7) is 5.86. The number of guanidine groups is 1. The van der Waals surface area contributed by atoms with Crippen LogP contribution in [-0.4, -0.2) is 61.9 Å². The zero-order valence-corrected chi connectivity index (χ0v) is 15.5. The largest absolute Gasteiger partial charge is 0.357 e. The summed E-state index contributed by atoms with van der Waals surface area (Å²) in [5.74, 6) is 0.685. The standard InChI is InChI=1S/C17H27N5O2S/c1-2-18-17(21-13-15(23)22-10-3-4-11-22)20-9-6-8-19-16(24)14-7-5-12-25-14/h5,7,12H,2-4,6,8-11,13H2,1H3,(H,19,24)(H2,18,20,21). The molecule has 1 aliphatic heterocycles. The lowest BCUT2D eigenvalue weighted by molar-refractivity contribution is -0.128. The molecule has 2 amide bonds. The highest BCUT2D eigenvalue weighted by Gasteiger charge is 2.17. The summed E-state index contributed by atoms with van der Waals surface area (Å²) in [7, 11) is 0. The van der Waals surface area contributed by atoms with Crippen LogP contribution < -0.4 is 16.0 Å². The number of likely N-dealkylation sites (tertiary alicyclic amines) is 1. The van der Waals surface area contributed by atoms with E-state index in [1.165, 1.54) is 11.3 Å². The fraction of sp³-hybridized carbons (Fsp3) is 0.588. The summed E-state index contributed by atoms with van der Waals surface area (Å²) >= 11 is 1.43. The fourth-order valence-corrected chi connectivity index (χ4v) is 3.19. The molecule has 0 aromatic carbocycles. The molecule has 8 heteroatoms. The first-order chi connectivity index (χ1) is 12.2. The number of hydrogen-bond acceptors (Lipinski definition) is 4. The first-order valence-corrected chi connectivity index (χ1v) is 9.70. The van der Waals surface area contributed by atoms with Gasteiger partial charge in [-0.1, -0.05) is 6.07 Å². The Morgan fingerprint density at radius 2 is 1.96 bits per heavy atom. The predicted molar refractivity (Wildman–Crippen MR) is 101 cm³/mol. The number of amides is 2. The number of thiophene rings is 1. The molecule has 2 rings (SSSR count). The average Bonchev–Trinajstić information content (AvgIpc) is 3.32. The predicted octanol–water partition coefficient (Wildman–Crippen LogP) is 1.05. The average molecular weight is 366 g/mol. The molecule has 1 aromatic heterocycles. The minimum atomic E-state index is -0.0354. The third-order valence-electron chi connectivity index (χ3n) is 3.85. The van der Waals surface area contributed by atoms with Crippen molar-refractivity contribution < 1.29 is 9.59 Å². The maximum atomic E-state index is 12.0. The number of aliphatic imine (C=N–C) groups is 1. The second kappa shape index (κ2) is 10.7. The monoisotopic (exact) mass is 365 g/mol. The highest BCUT2D eigenvalue weighted by atomic mass is 32.1. The number of nitrogens with one attached hydrogen (secondary N) is 3. The van der Waals surface area contributed by atoms with Gasteiger partial charge in [-0.15, -0.1) is 11.3 Å². The van der Waals surface area contributed by atoms with Crippen LogP contribution in [0.2, 0.25) is 0 Å². The quantitative estimate of drug-likeness (QED) is 0.365. The van der Waals surface area contributed by atoms with Crippen LogP contribution in [0.3, 0.4) is 0 Å². The zero-order chi connectivity index (χ0) is 17.9. The van der Waals surface area contributed by atoms with Crippen molar-refractivity contribution >= 4 is 29.1 Å². The van der Waals surface area contributed by atoms with E-state index >= 15 is 0 Å². The van der Waals surface area contributed by atoms with Gasteiger partial charge in [0.05, 0.1) is 4.88 Å². The molecular formula is C17H27N5O2S. The summed E-state index contributed by atoms with van der Waals surface area (Å²) in [5.41, 5.74) is 0. The van der Waals surface area contributed by atoms with E-state index < -0.39 is 0 Å². The van der Waals surface area contributed by atoms with E-state index in [1.807, 2.05) is 29.3 Å². The van der Waals surface area contributed by atoms with Gasteiger partial charge in [-0.05, 0) is 37.6 Å². The van der Waals surface area contributed by atoms with Crippen molar-refractivity contribution in [2.24, 2.45) is 4.99 Å². The van der Waals surface area contributed by atoms with E-state index in [0.717, 1.165) is 43.8 Å². The fourth-order valence-electron chi connectivity index (χ4n) is 2.55. The van der Waals surface area contributed by atoms with Crippen LogP contribution >= 0.6 is 11.3 Å². The minimum absolute atomic E-state index is 0.0354. The highest BCUT2D eigenvalue weighted by Crippen LogP contribution is 2.08. The Hall–Kier alpha value is -2.09. The molecule has 0 unspecified atom stereocenters. The normalized spacial score (nSPS) is 14.4. The number of rotatable bonds is 8. The second-order valence-electron chi connectivity index (χ2n) is 5.80. The van der Waals surface area contributed by atoms with Crippen LogP contribution in [0.25, 0.3) is 0 Å². The van der Waals surface area contributed by atoms with E-state index in [2.05, 4.69) is 20.9 Å². The molecule has 0 atom stereocenters. The molecule has 0 bridgehead atoms. The van der Waals surface area contributed by atoms with Gasteiger partial charge in [0.2, 0.25) is 5.91 Å². The van der Waals surface area contributed by atoms with Crippen LogP contribution in [-0.2, 0) is 4.79 Å². The lowest BCUT2D eigenvalue weighted by Crippen LogP contribution is -2.40. The summed E-state index contributed by atoms with van der Waals surface area (Å²) in [6, 6.07) is 3.68. The van der Waals surface area contributed by atoms with Gasteiger partial charge in [-0.3, -0.25) is 9.59 Å². The first kappa shape index (κ1) is 19.2. The first-order valence-electron chi connectivity index (χ1n) is 8.82. The molecule has 0 radical (unpaired) electrons. The van der Waals surface area contributed by atoms with Gasteiger partial charge in [0, 0.05) is 32.7 Å². The molecule has 1 saturated heterocycles. The molecular weight excluding hydrogens is 338 g/mol. The Morgan fingerprint density at radius 1 is 1.20 bits per heavy atom. The van der Waals surface area contributed by atoms with Gasteiger partial charge in [-0.2, -0.15) is 0 Å². The van der Waals surface area contributed by atoms with Crippen molar-refractivity contribution in [1.29, 1.82) is 0 Å². The molecule has 3 N–H and O–H groups in total. The molecule has 0 spiro atoms. The zero-order valence-electron chi connectivity index (χ0n) is 14.7. The number of carbonyl (C=O) groups excluding carboxylic acids is 2. The molecule has 1 aromatic rings. The summed E-state index contributed by atoms with van der Waals surface area (Å²) in [4.78, 5) is 30.8. The molecule has 2 heterocycles. The van der Waals surface area contributed by atoms with Crippen molar-refractivity contribution in [1.82, 2.24) is 20.9 Å². The van der Waals surface area contributed by atoms with Crippen LogP contribution in [0.15, 0.2) is 22.5 Å². The summed E-state index contributed by atoms with van der Waals surface area (Å²) in [6.07, 6.45) is 2.96. The molecule has 0 aliphatic carbocycles. The van der Waals surface area contributed by atoms with E-state index in [0.29, 0.717) is 19.0 Å². The van der Waals surface area contributed by atoms with Crippen LogP contribution in [0, 0.1) is 0 Å².